The smallest absolute Gasteiger partial charge is 0.207 e. The van der Waals surface area contributed by atoms with E-state index in [0.29, 0.717) is 11.2 Å². The molecule has 0 aliphatic carbocycles. The largest absolute Gasteiger partial charge is 0.369 e. The summed E-state index contributed by atoms with van der Waals surface area (Å²) in [5.74, 6) is -1.22. The topological polar surface area (TPSA) is 56.7 Å². The quantitative estimate of drug-likeness (QED) is 0.731. The molecule has 0 unspecified atom stereocenters. The lowest BCUT2D eigenvalue weighted by Crippen LogP contribution is -2.02. The van der Waals surface area contributed by atoms with Gasteiger partial charge in [-0.25, -0.2) is 18.7 Å². The molecule has 3 aromatic rings. The molecular formula is C13H10F2N4. The van der Waals surface area contributed by atoms with Gasteiger partial charge in [0.2, 0.25) is 5.95 Å². The molecule has 2 aromatic heterocycles. The van der Waals surface area contributed by atoms with Crippen LogP contribution in [-0.2, 0) is 0 Å². The molecule has 0 amide bonds. The van der Waals surface area contributed by atoms with Crippen LogP contribution in [0.4, 0.5) is 14.7 Å². The number of rotatable bonds is 1. The first-order chi connectivity index (χ1) is 9.04. The van der Waals surface area contributed by atoms with Crippen molar-refractivity contribution in [2.24, 2.45) is 0 Å². The van der Waals surface area contributed by atoms with Gasteiger partial charge in [0.25, 0.3) is 0 Å². The Hall–Kier alpha value is -2.50. The van der Waals surface area contributed by atoms with Crippen LogP contribution < -0.4 is 5.73 Å². The van der Waals surface area contributed by atoms with Crippen LogP contribution in [0.15, 0.2) is 30.3 Å². The number of imidazole rings is 1. The van der Waals surface area contributed by atoms with Crippen LogP contribution >= 0.6 is 0 Å². The first-order valence-corrected chi connectivity index (χ1v) is 5.62. The molecular weight excluding hydrogens is 250 g/mol. The molecule has 0 spiro atoms. The molecule has 2 N–H and O–H groups in total. The second-order valence-corrected chi connectivity index (χ2v) is 4.23. The summed E-state index contributed by atoms with van der Waals surface area (Å²) in [4.78, 5) is 8.43. The van der Waals surface area contributed by atoms with Crippen LogP contribution in [0.3, 0.4) is 0 Å². The minimum absolute atomic E-state index is 0.137. The predicted octanol–water partition coefficient (Wildman–Crippen LogP) is 2.59. The Kier molecular flexibility index (Phi) is 2.45. The zero-order valence-corrected chi connectivity index (χ0v) is 10.1. The number of pyridine rings is 1. The summed E-state index contributed by atoms with van der Waals surface area (Å²) in [7, 11) is 0. The van der Waals surface area contributed by atoms with Gasteiger partial charge in [-0.3, -0.25) is 4.57 Å². The fraction of sp³-hybridized carbons (Fsp3) is 0.0769. The number of benzene rings is 1. The maximum Gasteiger partial charge on any atom is 0.207 e. The van der Waals surface area contributed by atoms with E-state index in [1.54, 1.807) is 12.1 Å². The highest BCUT2D eigenvalue weighted by Gasteiger charge is 2.13. The van der Waals surface area contributed by atoms with Gasteiger partial charge in [-0.2, -0.15) is 0 Å². The summed E-state index contributed by atoms with van der Waals surface area (Å²) < 4.78 is 28.0. The van der Waals surface area contributed by atoms with Crippen LogP contribution in [0.5, 0.6) is 0 Å². The van der Waals surface area contributed by atoms with Gasteiger partial charge < -0.3 is 5.73 Å². The van der Waals surface area contributed by atoms with Gasteiger partial charge in [0, 0.05) is 11.8 Å². The normalized spacial score (nSPS) is 11.1. The summed E-state index contributed by atoms with van der Waals surface area (Å²) in [5, 5.41) is 0. The molecule has 0 aliphatic heterocycles. The van der Waals surface area contributed by atoms with E-state index in [9.17, 15) is 8.78 Å². The Morgan fingerprint density at radius 3 is 2.42 bits per heavy atom. The summed E-state index contributed by atoms with van der Waals surface area (Å²) in [6, 6.07) is 6.73. The van der Waals surface area contributed by atoms with Gasteiger partial charge >= 0.3 is 0 Å². The van der Waals surface area contributed by atoms with E-state index in [0.717, 1.165) is 11.8 Å². The Bertz CT molecular complexity index is 759. The van der Waals surface area contributed by atoms with E-state index >= 15 is 0 Å². The van der Waals surface area contributed by atoms with Crippen molar-refractivity contribution >= 4 is 17.1 Å². The molecule has 0 bridgehead atoms. The summed E-state index contributed by atoms with van der Waals surface area (Å²) >= 11 is 0. The maximum absolute atomic E-state index is 13.3. The molecule has 96 valence electrons. The minimum atomic E-state index is -0.677. The SMILES string of the molecule is Cc1ccc2nc(N)n(-c3cc(F)cc(F)c3)c2n1. The van der Waals surface area contributed by atoms with E-state index in [2.05, 4.69) is 9.97 Å². The molecule has 0 aliphatic rings. The summed E-state index contributed by atoms with van der Waals surface area (Å²) in [5.41, 5.74) is 7.88. The third kappa shape index (κ3) is 1.91. The van der Waals surface area contributed by atoms with Crippen LogP contribution in [0, 0.1) is 18.6 Å². The van der Waals surface area contributed by atoms with E-state index in [4.69, 9.17) is 5.73 Å². The summed E-state index contributed by atoms with van der Waals surface area (Å²) in [6.07, 6.45) is 0. The zero-order valence-electron chi connectivity index (χ0n) is 10.1. The average molecular weight is 260 g/mol. The van der Waals surface area contributed by atoms with Crippen LogP contribution in [-0.4, -0.2) is 14.5 Å². The number of halogens is 2. The van der Waals surface area contributed by atoms with E-state index in [-0.39, 0.29) is 11.6 Å². The highest BCUT2D eigenvalue weighted by molar-refractivity contribution is 5.77. The first-order valence-electron chi connectivity index (χ1n) is 5.62. The van der Waals surface area contributed by atoms with Crippen molar-refractivity contribution in [2.75, 3.05) is 5.73 Å². The molecule has 0 radical (unpaired) electrons. The van der Waals surface area contributed by atoms with Gasteiger partial charge in [-0.05, 0) is 31.2 Å². The van der Waals surface area contributed by atoms with Crippen molar-refractivity contribution in [1.82, 2.24) is 14.5 Å². The molecule has 0 fully saturated rings. The Morgan fingerprint density at radius 2 is 1.74 bits per heavy atom. The minimum Gasteiger partial charge on any atom is -0.369 e. The van der Waals surface area contributed by atoms with E-state index < -0.39 is 11.6 Å². The fourth-order valence-corrected chi connectivity index (χ4v) is 1.99. The van der Waals surface area contributed by atoms with Crippen LogP contribution in [0.25, 0.3) is 16.9 Å². The lowest BCUT2D eigenvalue weighted by molar-refractivity contribution is 0.582. The number of anilines is 1. The standard InChI is InChI=1S/C13H10F2N4/c1-7-2-3-11-12(17-7)19(13(16)18-11)10-5-8(14)4-9(15)6-10/h2-6H,1H3,(H2,16,18). The van der Waals surface area contributed by atoms with Gasteiger partial charge in [0.05, 0.1) is 5.69 Å². The molecule has 19 heavy (non-hydrogen) atoms. The molecule has 1 aromatic carbocycles. The van der Waals surface area contributed by atoms with Crippen molar-refractivity contribution < 1.29 is 8.78 Å². The predicted molar refractivity (Wildman–Crippen MR) is 67.9 cm³/mol. The Labute approximate surface area is 107 Å². The number of nitrogens with two attached hydrogens (primary N) is 1. The number of fused-ring (bicyclic) bond motifs is 1. The van der Waals surface area contributed by atoms with Crippen LogP contribution in [0.2, 0.25) is 0 Å². The van der Waals surface area contributed by atoms with Crippen molar-refractivity contribution in [2.45, 2.75) is 6.92 Å². The van der Waals surface area contributed by atoms with Gasteiger partial charge in [0.1, 0.15) is 17.2 Å². The molecule has 2 heterocycles. The number of hydrogen-bond donors (Lipinski definition) is 1. The number of nitrogen functional groups attached to an aromatic ring is 1. The third-order valence-corrected chi connectivity index (χ3v) is 2.78. The van der Waals surface area contributed by atoms with Crippen molar-refractivity contribution in [3.8, 4) is 5.69 Å². The Morgan fingerprint density at radius 1 is 1.05 bits per heavy atom. The highest BCUT2D eigenvalue weighted by atomic mass is 19.1. The monoisotopic (exact) mass is 260 g/mol. The van der Waals surface area contributed by atoms with E-state index in [1.807, 2.05) is 6.92 Å². The van der Waals surface area contributed by atoms with Crippen molar-refractivity contribution in [1.29, 1.82) is 0 Å². The lowest BCUT2D eigenvalue weighted by Gasteiger charge is -2.06. The first kappa shape index (κ1) is 11.6. The molecule has 0 saturated heterocycles. The van der Waals surface area contributed by atoms with Gasteiger partial charge in [-0.15, -0.1) is 0 Å². The molecule has 4 nitrogen and oxygen atoms in total. The van der Waals surface area contributed by atoms with E-state index in [1.165, 1.54) is 16.7 Å². The third-order valence-electron chi connectivity index (χ3n) is 2.78. The van der Waals surface area contributed by atoms with Crippen LogP contribution in [0.1, 0.15) is 5.69 Å². The lowest BCUT2D eigenvalue weighted by atomic mass is 10.3. The molecule has 0 atom stereocenters. The zero-order chi connectivity index (χ0) is 13.6. The average Bonchev–Trinajstić information content (AvgIpc) is 2.63. The Balaban J connectivity index is 2.35. The fourth-order valence-electron chi connectivity index (χ4n) is 1.99. The second kappa shape index (κ2) is 4.01. The van der Waals surface area contributed by atoms with Crippen molar-refractivity contribution in [3.63, 3.8) is 0 Å². The van der Waals surface area contributed by atoms with Crippen molar-refractivity contribution in [3.05, 3.63) is 47.7 Å². The number of aryl methyl sites for hydroxylation is 1. The van der Waals surface area contributed by atoms with Gasteiger partial charge in [0.15, 0.2) is 5.65 Å². The molecule has 0 saturated carbocycles. The number of aromatic nitrogens is 3. The molecule has 6 heteroatoms. The second-order valence-electron chi connectivity index (χ2n) is 4.23. The highest BCUT2D eigenvalue weighted by Crippen LogP contribution is 2.23. The number of hydrogen-bond acceptors (Lipinski definition) is 3. The van der Waals surface area contributed by atoms with Gasteiger partial charge in [-0.1, -0.05) is 0 Å². The summed E-state index contributed by atoms with van der Waals surface area (Å²) in [6.45, 7) is 1.82. The number of nitrogens with zero attached hydrogens (tertiary/aromatic N) is 3. The maximum atomic E-state index is 13.3. The molecule has 3 rings (SSSR count).